The summed E-state index contributed by atoms with van der Waals surface area (Å²) in [4.78, 5) is 0. The number of aryl methyl sites for hydroxylation is 1. The lowest BCUT2D eigenvalue weighted by Crippen LogP contribution is -1.81. The fourth-order valence-electron chi connectivity index (χ4n) is 1.00. The van der Waals surface area contributed by atoms with Gasteiger partial charge in [-0.15, -0.1) is 0 Å². The number of alkyl halides is 1. The van der Waals surface area contributed by atoms with Crippen molar-refractivity contribution in [3.05, 3.63) is 35.4 Å². The molecule has 0 bridgehead atoms. The molecule has 0 nitrogen and oxygen atoms in total. The first kappa shape index (κ1) is 9.35. The Kier molecular flexibility index (Phi) is 3.90. The minimum absolute atomic E-state index is 0.739. The number of hydrogen-bond donors (Lipinski definition) is 0. The van der Waals surface area contributed by atoms with E-state index in [1.807, 2.05) is 6.07 Å². The SMILES string of the molecule is CCc1cccc(C#CCBr)c1. The van der Waals surface area contributed by atoms with Gasteiger partial charge < -0.3 is 0 Å². The predicted molar refractivity (Wildman–Crippen MR) is 56.5 cm³/mol. The van der Waals surface area contributed by atoms with Crippen molar-refractivity contribution in [2.45, 2.75) is 13.3 Å². The van der Waals surface area contributed by atoms with E-state index in [4.69, 9.17) is 0 Å². The lowest BCUT2D eigenvalue weighted by molar-refractivity contribution is 1.14. The van der Waals surface area contributed by atoms with Crippen molar-refractivity contribution in [2.24, 2.45) is 0 Å². The highest BCUT2D eigenvalue weighted by Gasteiger charge is 1.88. The maximum Gasteiger partial charge on any atom is 0.0649 e. The molecule has 0 radical (unpaired) electrons. The Morgan fingerprint density at radius 3 is 2.92 bits per heavy atom. The zero-order valence-corrected chi connectivity index (χ0v) is 8.69. The van der Waals surface area contributed by atoms with Gasteiger partial charge in [-0.3, -0.25) is 0 Å². The molecule has 1 aromatic rings. The van der Waals surface area contributed by atoms with Gasteiger partial charge in [-0.1, -0.05) is 46.8 Å². The molecule has 62 valence electrons. The topological polar surface area (TPSA) is 0 Å². The summed E-state index contributed by atoms with van der Waals surface area (Å²) in [5, 5.41) is 0.739. The van der Waals surface area contributed by atoms with E-state index in [0.29, 0.717) is 0 Å². The molecular weight excluding hydrogens is 212 g/mol. The third kappa shape index (κ3) is 2.71. The molecule has 0 spiro atoms. The first-order valence-corrected chi connectivity index (χ1v) is 5.12. The molecule has 0 aliphatic heterocycles. The van der Waals surface area contributed by atoms with E-state index in [-0.39, 0.29) is 0 Å². The Morgan fingerprint density at radius 1 is 1.42 bits per heavy atom. The largest absolute Gasteiger partial charge is 0.0863 e. The van der Waals surface area contributed by atoms with E-state index in [1.54, 1.807) is 0 Å². The van der Waals surface area contributed by atoms with Gasteiger partial charge in [0.15, 0.2) is 0 Å². The Morgan fingerprint density at radius 2 is 2.25 bits per heavy atom. The first-order valence-electron chi connectivity index (χ1n) is 4.00. The summed E-state index contributed by atoms with van der Waals surface area (Å²) in [6.07, 6.45) is 1.07. The van der Waals surface area contributed by atoms with Crippen molar-refractivity contribution in [3.8, 4) is 11.8 Å². The maximum atomic E-state index is 3.27. The summed E-state index contributed by atoms with van der Waals surface area (Å²) >= 11 is 3.27. The summed E-state index contributed by atoms with van der Waals surface area (Å²) in [5.74, 6) is 6.05. The van der Waals surface area contributed by atoms with Crippen LogP contribution in [0.3, 0.4) is 0 Å². The van der Waals surface area contributed by atoms with E-state index < -0.39 is 0 Å². The van der Waals surface area contributed by atoms with E-state index in [0.717, 1.165) is 17.3 Å². The van der Waals surface area contributed by atoms with Crippen LogP contribution in [0.4, 0.5) is 0 Å². The molecule has 0 saturated heterocycles. The van der Waals surface area contributed by atoms with Gasteiger partial charge in [-0.2, -0.15) is 0 Å². The number of hydrogen-bond acceptors (Lipinski definition) is 0. The zero-order valence-electron chi connectivity index (χ0n) is 7.10. The molecular formula is C11H11Br. The molecule has 1 rings (SSSR count). The summed E-state index contributed by atoms with van der Waals surface area (Å²) in [6, 6.07) is 8.35. The molecule has 12 heavy (non-hydrogen) atoms. The normalized spacial score (nSPS) is 8.83. The van der Waals surface area contributed by atoms with Crippen LogP contribution < -0.4 is 0 Å². The van der Waals surface area contributed by atoms with Gasteiger partial charge in [0.2, 0.25) is 0 Å². The molecule has 0 heterocycles. The maximum absolute atomic E-state index is 3.27. The monoisotopic (exact) mass is 222 g/mol. The van der Waals surface area contributed by atoms with Gasteiger partial charge in [0.05, 0.1) is 5.33 Å². The van der Waals surface area contributed by atoms with Crippen LogP contribution in [0, 0.1) is 11.8 Å². The smallest absolute Gasteiger partial charge is 0.0649 e. The van der Waals surface area contributed by atoms with Crippen LogP contribution in [0.2, 0.25) is 0 Å². The van der Waals surface area contributed by atoms with Crippen molar-refractivity contribution < 1.29 is 0 Å². The molecule has 0 unspecified atom stereocenters. The molecule has 0 saturated carbocycles. The van der Waals surface area contributed by atoms with Crippen LogP contribution >= 0.6 is 15.9 Å². The fourth-order valence-corrected chi connectivity index (χ4v) is 1.14. The highest BCUT2D eigenvalue weighted by molar-refractivity contribution is 9.09. The third-order valence-corrected chi connectivity index (χ3v) is 1.92. The molecule has 1 aromatic carbocycles. The molecule has 0 aliphatic rings. The molecule has 0 fully saturated rings. The lowest BCUT2D eigenvalue weighted by atomic mass is 10.1. The first-order chi connectivity index (χ1) is 5.86. The van der Waals surface area contributed by atoms with E-state index in [9.17, 15) is 0 Å². The van der Waals surface area contributed by atoms with E-state index >= 15 is 0 Å². The minimum Gasteiger partial charge on any atom is -0.0863 e. The summed E-state index contributed by atoms with van der Waals surface area (Å²) < 4.78 is 0. The van der Waals surface area contributed by atoms with Crippen molar-refractivity contribution in [2.75, 3.05) is 5.33 Å². The summed E-state index contributed by atoms with van der Waals surface area (Å²) in [5.41, 5.74) is 2.45. The van der Waals surface area contributed by atoms with Crippen LogP contribution in [0.1, 0.15) is 18.1 Å². The zero-order chi connectivity index (χ0) is 8.81. The van der Waals surface area contributed by atoms with Gasteiger partial charge in [0, 0.05) is 5.56 Å². The quantitative estimate of drug-likeness (QED) is 0.507. The third-order valence-electron chi connectivity index (χ3n) is 1.63. The average Bonchev–Trinajstić information content (AvgIpc) is 2.15. The Balaban J connectivity index is 2.86. The van der Waals surface area contributed by atoms with Crippen molar-refractivity contribution in [1.82, 2.24) is 0 Å². The summed E-state index contributed by atoms with van der Waals surface area (Å²) in [7, 11) is 0. The van der Waals surface area contributed by atoms with Crippen LogP contribution in [0.5, 0.6) is 0 Å². The van der Waals surface area contributed by atoms with Gasteiger partial charge in [-0.25, -0.2) is 0 Å². The highest BCUT2D eigenvalue weighted by Crippen LogP contribution is 2.04. The Bertz CT molecular complexity index is 304. The van der Waals surface area contributed by atoms with Gasteiger partial charge in [-0.05, 0) is 24.1 Å². The Hall–Kier alpha value is -0.740. The van der Waals surface area contributed by atoms with E-state index in [2.05, 4.69) is 52.9 Å². The van der Waals surface area contributed by atoms with Crippen LogP contribution in [-0.4, -0.2) is 5.33 Å². The second-order valence-corrected chi connectivity index (χ2v) is 3.05. The molecule has 0 aliphatic carbocycles. The second kappa shape index (κ2) is 5.00. The standard InChI is InChI=1S/C11H11Br/c1-2-10-5-3-6-11(9-10)7-4-8-12/h3,5-6,9H,2,8H2,1H3. The van der Waals surface area contributed by atoms with E-state index in [1.165, 1.54) is 5.56 Å². The van der Waals surface area contributed by atoms with Crippen molar-refractivity contribution >= 4 is 15.9 Å². The lowest BCUT2D eigenvalue weighted by Gasteiger charge is -1.95. The van der Waals surface area contributed by atoms with Crippen molar-refractivity contribution in [3.63, 3.8) is 0 Å². The molecule has 0 amide bonds. The number of rotatable bonds is 1. The summed E-state index contributed by atoms with van der Waals surface area (Å²) in [6.45, 7) is 2.15. The van der Waals surface area contributed by atoms with Gasteiger partial charge in [0.25, 0.3) is 0 Å². The van der Waals surface area contributed by atoms with Crippen molar-refractivity contribution in [1.29, 1.82) is 0 Å². The molecule has 0 aromatic heterocycles. The van der Waals surface area contributed by atoms with Crippen LogP contribution in [0.25, 0.3) is 0 Å². The number of halogens is 1. The molecule has 0 N–H and O–H groups in total. The minimum atomic E-state index is 0.739. The average molecular weight is 223 g/mol. The van der Waals surface area contributed by atoms with Gasteiger partial charge >= 0.3 is 0 Å². The van der Waals surface area contributed by atoms with Crippen LogP contribution in [-0.2, 0) is 6.42 Å². The Labute approximate surface area is 82.1 Å². The molecule has 0 atom stereocenters. The molecule has 1 heteroatoms. The van der Waals surface area contributed by atoms with Crippen LogP contribution in [0.15, 0.2) is 24.3 Å². The fraction of sp³-hybridized carbons (Fsp3) is 0.273. The number of benzene rings is 1. The van der Waals surface area contributed by atoms with Gasteiger partial charge in [0.1, 0.15) is 0 Å². The predicted octanol–water partition coefficient (Wildman–Crippen LogP) is 3.00. The highest BCUT2D eigenvalue weighted by atomic mass is 79.9. The second-order valence-electron chi connectivity index (χ2n) is 2.49.